The lowest BCUT2D eigenvalue weighted by Gasteiger charge is -2.21. The molecule has 0 bridgehead atoms. The summed E-state index contributed by atoms with van der Waals surface area (Å²) < 4.78 is 5.02. The third kappa shape index (κ3) is 10.5. The average Bonchev–Trinajstić information content (AvgIpc) is 2.35. The molecule has 5 heteroatoms. The van der Waals surface area contributed by atoms with Gasteiger partial charge in [0, 0.05) is 6.42 Å². The van der Waals surface area contributed by atoms with Crippen molar-refractivity contribution in [2.45, 2.75) is 52.9 Å². The summed E-state index contributed by atoms with van der Waals surface area (Å²) in [5.74, 6) is -0.547. The molecule has 112 valence electrons. The molecule has 0 aromatic heterocycles. The molecule has 0 aliphatic rings. The van der Waals surface area contributed by atoms with Crippen molar-refractivity contribution in [2.75, 3.05) is 19.7 Å². The summed E-state index contributed by atoms with van der Waals surface area (Å²) in [5, 5.41) is 2.56. The normalized spacial score (nSPS) is 11.2. The van der Waals surface area contributed by atoms with Crippen molar-refractivity contribution in [3.63, 3.8) is 0 Å². The first kappa shape index (κ1) is 17.9. The number of hydrogen-bond donors (Lipinski definition) is 2. The molecule has 5 nitrogen and oxygen atoms in total. The van der Waals surface area contributed by atoms with Crippen LogP contribution in [0.4, 0.5) is 0 Å². The van der Waals surface area contributed by atoms with Gasteiger partial charge < -0.3 is 15.8 Å². The molecule has 0 aliphatic heterocycles. The maximum Gasteiger partial charge on any atom is 0.325 e. The van der Waals surface area contributed by atoms with Crippen molar-refractivity contribution in [1.82, 2.24) is 5.32 Å². The molecule has 0 aromatic rings. The van der Waals surface area contributed by atoms with E-state index in [-0.39, 0.29) is 23.8 Å². The molecular weight excluding hydrogens is 244 g/mol. The Balaban J connectivity index is 3.64. The first-order chi connectivity index (χ1) is 8.91. The summed E-state index contributed by atoms with van der Waals surface area (Å²) in [6, 6.07) is 0. The van der Waals surface area contributed by atoms with Gasteiger partial charge in [-0.05, 0) is 18.4 Å². The van der Waals surface area contributed by atoms with Crippen molar-refractivity contribution in [2.24, 2.45) is 11.1 Å². The minimum absolute atomic E-state index is 0.0622. The van der Waals surface area contributed by atoms with Crippen molar-refractivity contribution in [3.8, 4) is 0 Å². The minimum atomic E-state index is -0.379. The standard InChI is InChI=1S/C14H28N2O3/c1-4-5-6-7-8-19-13(18)10-16-12(17)9-14(2,3)11-15/h4-11,15H2,1-3H3,(H,16,17). The molecule has 0 saturated carbocycles. The van der Waals surface area contributed by atoms with Gasteiger partial charge in [-0.3, -0.25) is 9.59 Å². The highest BCUT2D eigenvalue weighted by atomic mass is 16.5. The van der Waals surface area contributed by atoms with Crippen LogP contribution in [0.3, 0.4) is 0 Å². The van der Waals surface area contributed by atoms with Gasteiger partial charge in [0.05, 0.1) is 6.61 Å². The van der Waals surface area contributed by atoms with Crippen LogP contribution in [0.5, 0.6) is 0 Å². The third-order valence-electron chi connectivity index (χ3n) is 2.88. The van der Waals surface area contributed by atoms with Crippen LogP contribution >= 0.6 is 0 Å². The number of unbranched alkanes of at least 4 members (excludes halogenated alkanes) is 3. The predicted octanol–water partition coefficient (Wildman–Crippen LogP) is 1.60. The van der Waals surface area contributed by atoms with E-state index in [4.69, 9.17) is 10.5 Å². The summed E-state index contributed by atoms with van der Waals surface area (Å²) in [4.78, 5) is 22.9. The Morgan fingerprint density at radius 2 is 1.89 bits per heavy atom. The van der Waals surface area contributed by atoms with Gasteiger partial charge in [0.25, 0.3) is 0 Å². The first-order valence-corrected chi connectivity index (χ1v) is 7.03. The van der Waals surface area contributed by atoms with Crippen LogP contribution in [0.2, 0.25) is 0 Å². The van der Waals surface area contributed by atoms with Crippen LogP contribution in [-0.2, 0) is 14.3 Å². The summed E-state index contributed by atoms with van der Waals surface area (Å²) >= 11 is 0. The molecule has 0 spiro atoms. The highest BCUT2D eigenvalue weighted by Crippen LogP contribution is 2.17. The number of carbonyl (C=O) groups is 2. The van der Waals surface area contributed by atoms with E-state index < -0.39 is 0 Å². The van der Waals surface area contributed by atoms with E-state index in [2.05, 4.69) is 12.2 Å². The number of rotatable bonds is 10. The Bertz CT molecular complexity index is 278. The maximum absolute atomic E-state index is 11.6. The number of esters is 1. The molecule has 0 aliphatic carbocycles. The predicted molar refractivity (Wildman–Crippen MR) is 75.6 cm³/mol. The second-order valence-corrected chi connectivity index (χ2v) is 5.60. The SMILES string of the molecule is CCCCCCOC(=O)CNC(=O)CC(C)(C)CN. The Kier molecular flexibility index (Phi) is 9.21. The van der Waals surface area contributed by atoms with E-state index in [1.165, 1.54) is 0 Å². The molecule has 0 unspecified atom stereocenters. The zero-order valence-corrected chi connectivity index (χ0v) is 12.5. The second kappa shape index (κ2) is 9.78. The van der Waals surface area contributed by atoms with Gasteiger partial charge in [-0.15, -0.1) is 0 Å². The quantitative estimate of drug-likeness (QED) is 0.467. The lowest BCUT2D eigenvalue weighted by Crippen LogP contribution is -2.36. The lowest BCUT2D eigenvalue weighted by atomic mass is 9.89. The molecule has 0 rings (SSSR count). The van der Waals surface area contributed by atoms with Gasteiger partial charge in [0.1, 0.15) is 6.54 Å². The van der Waals surface area contributed by atoms with Gasteiger partial charge in [0.2, 0.25) is 5.91 Å². The zero-order valence-electron chi connectivity index (χ0n) is 12.5. The summed E-state index contributed by atoms with van der Waals surface area (Å²) in [6.07, 6.45) is 4.57. The molecular formula is C14H28N2O3. The largest absolute Gasteiger partial charge is 0.464 e. The van der Waals surface area contributed by atoms with E-state index in [1.807, 2.05) is 13.8 Å². The Hall–Kier alpha value is -1.10. The second-order valence-electron chi connectivity index (χ2n) is 5.60. The topological polar surface area (TPSA) is 81.4 Å². The van der Waals surface area contributed by atoms with Crippen LogP contribution in [0.15, 0.2) is 0 Å². The Morgan fingerprint density at radius 3 is 2.47 bits per heavy atom. The number of ether oxygens (including phenoxy) is 1. The minimum Gasteiger partial charge on any atom is -0.464 e. The van der Waals surface area contributed by atoms with Crippen LogP contribution in [0.1, 0.15) is 52.9 Å². The molecule has 1 amide bonds. The van der Waals surface area contributed by atoms with E-state index in [0.29, 0.717) is 19.6 Å². The molecule has 0 fully saturated rings. The summed E-state index contributed by atoms with van der Waals surface area (Å²) in [5.41, 5.74) is 5.30. The van der Waals surface area contributed by atoms with Crippen LogP contribution in [-0.4, -0.2) is 31.6 Å². The van der Waals surface area contributed by atoms with Crippen molar-refractivity contribution < 1.29 is 14.3 Å². The first-order valence-electron chi connectivity index (χ1n) is 7.03. The van der Waals surface area contributed by atoms with Crippen LogP contribution in [0.25, 0.3) is 0 Å². The number of hydrogen-bond acceptors (Lipinski definition) is 4. The van der Waals surface area contributed by atoms with E-state index >= 15 is 0 Å². The fraction of sp³-hybridized carbons (Fsp3) is 0.857. The number of amides is 1. The monoisotopic (exact) mass is 272 g/mol. The average molecular weight is 272 g/mol. The lowest BCUT2D eigenvalue weighted by molar-refractivity contribution is -0.144. The molecule has 0 heterocycles. The highest BCUT2D eigenvalue weighted by Gasteiger charge is 2.20. The summed E-state index contributed by atoms with van der Waals surface area (Å²) in [6.45, 7) is 6.76. The molecule has 0 atom stereocenters. The van der Waals surface area contributed by atoms with Gasteiger partial charge in [-0.25, -0.2) is 0 Å². The van der Waals surface area contributed by atoms with Crippen molar-refractivity contribution >= 4 is 11.9 Å². The van der Waals surface area contributed by atoms with Gasteiger partial charge in [0.15, 0.2) is 0 Å². The van der Waals surface area contributed by atoms with E-state index in [1.54, 1.807) is 0 Å². The van der Waals surface area contributed by atoms with Crippen LogP contribution in [0, 0.1) is 5.41 Å². The number of nitrogens with two attached hydrogens (primary N) is 1. The van der Waals surface area contributed by atoms with Crippen molar-refractivity contribution in [1.29, 1.82) is 0 Å². The zero-order chi connectivity index (χ0) is 14.7. The number of carbonyl (C=O) groups excluding carboxylic acids is 2. The molecule has 0 radical (unpaired) electrons. The van der Waals surface area contributed by atoms with Gasteiger partial charge >= 0.3 is 5.97 Å². The van der Waals surface area contributed by atoms with E-state index in [9.17, 15) is 9.59 Å². The molecule has 19 heavy (non-hydrogen) atoms. The Labute approximate surface area is 116 Å². The fourth-order valence-corrected chi connectivity index (χ4v) is 1.51. The summed E-state index contributed by atoms with van der Waals surface area (Å²) in [7, 11) is 0. The van der Waals surface area contributed by atoms with Crippen LogP contribution < -0.4 is 11.1 Å². The maximum atomic E-state index is 11.6. The molecule has 0 aromatic carbocycles. The molecule has 0 saturated heterocycles. The fourth-order valence-electron chi connectivity index (χ4n) is 1.51. The van der Waals surface area contributed by atoms with Gasteiger partial charge in [-0.2, -0.15) is 0 Å². The Morgan fingerprint density at radius 1 is 1.21 bits per heavy atom. The smallest absolute Gasteiger partial charge is 0.325 e. The third-order valence-corrected chi connectivity index (χ3v) is 2.88. The molecule has 3 N–H and O–H groups in total. The van der Waals surface area contributed by atoms with Crippen molar-refractivity contribution in [3.05, 3.63) is 0 Å². The number of nitrogens with one attached hydrogen (secondary N) is 1. The van der Waals surface area contributed by atoms with Gasteiger partial charge in [-0.1, -0.05) is 40.0 Å². The highest BCUT2D eigenvalue weighted by molar-refractivity contribution is 5.82. The van der Waals surface area contributed by atoms with E-state index in [0.717, 1.165) is 25.7 Å².